The van der Waals surface area contributed by atoms with Crippen molar-refractivity contribution >= 4 is 35.0 Å². The van der Waals surface area contributed by atoms with Gasteiger partial charge in [0, 0.05) is 28.9 Å². The van der Waals surface area contributed by atoms with Crippen molar-refractivity contribution < 1.29 is 14.3 Å². The predicted molar refractivity (Wildman–Crippen MR) is 112 cm³/mol. The van der Waals surface area contributed by atoms with E-state index in [1.807, 2.05) is 36.6 Å². The minimum atomic E-state index is -0.377. The van der Waals surface area contributed by atoms with Crippen LogP contribution >= 0.6 is 23.1 Å². The fraction of sp³-hybridized carbons (Fsp3) is 0.190. The first-order valence-electron chi connectivity index (χ1n) is 8.65. The van der Waals surface area contributed by atoms with Crippen molar-refractivity contribution in [3.63, 3.8) is 0 Å². The fourth-order valence-electron chi connectivity index (χ4n) is 2.56. The molecule has 0 saturated carbocycles. The Morgan fingerprint density at radius 3 is 2.57 bits per heavy atom. The molecular formula is C21H20N2O3S2. The van der Waals surface area contributed by atoms with Crippen LogP contribution in [0.2, 0.25) is 0 Å². The number of aromatic nitrogens is 1. The van der Waals surface area contributed by atoms with Crippen LogP contribution in [0.3, 0.4) is 0 Å². The van der Waals surface area contributed by atoms with Crippen LogP contribution in [-0.4, -0.2) is 24.0 Å². The van der Waals surface area contributed by atoms with Crippen LogP contribution in [-0.2, 0) is 17.0 Å². The summed E-state index contributed by atoms with van der Waals surface area (Å²) < 4.78 is 5.69. The molecule has 0 atom stereocenters. The maximum Gasteiger partial charge on any atom is 0.337 e. The Hall–Kier alpha value is -2.64. The summed E-state index contributed by atoms with van der Waals surface area (Å²) in [6.07, 6.45) is 0. The molecule has 0 bridgehead atoms. The molecule has 0 fully saturated rings. The Morgan fingerprint density at radius 2 is 1.89 bits per heavy atom. The summed E-state index contributed by atoms with van der Waals surface area (Å²) in [5, 5.41) is 4.96. The molecule has 144 valence electrons. The number of rotatable bonds is 7. The van der Waals surface area contributed by atoms with Crippen LogP contribution in [0.15, 0.2) is 58.3 Å². The molecule has 3 rings (SSSR count). The van der Waals surface area contributed by atoms with E-state index in [0.717, 1.165) is 21.2 Å². The molecule has 0 aliphatic carbocycles. The number of methoxy groups -OCH3 is 1. The predicted octanol–water partition coefficient (Wildman–Crippen LogP) is 4.46. The molecule has 1 N–H and O–H groups in total. The Bertz CT molecular complexity index is 968. The van der Waals surface area contributed by atoms with Crippen molar-refractivity contribution in [3.8, 4) is 0 Å². The van der Waals surface area contributed by atoms with Gasteiger partial charge in [-0.2, -0.15) is 0 Å². The number of thioether (sulfide) groups is 1. The number of hydrogen-bond acceptors (Lipinski definition) is 6. The number of benzene rings is 2. The average molecular weight is 413 g/mol. The Kier molecular flexibility index (Phi) is 6.84. The van der Waals surface area contributed by atoms with Gasteiger partial charge in [-0.1, -0.05) is 42.1 Å². The summed E-state index contributed by atoms with van der Waals surface area (Å²) in [5.74, 6) is 0.186. The van der Waals surface area contributed by atoms with Gasteiger partial charge in [0.05, 0.1) is 12.7 Å². The molecule has 0 radical (unpaired) electrons. The highest BCUT2D eigenvalue weighted by molar-refractivity contribution is 8.00. The van der Waals surface area contributed by atoms with Crippen LogP contribution in [0.5, 0.6) is 0 Å². The number of esters is 1. The maximum absolute atomic E-state index is 12.7. The largest absolute Gasteiger partial charge is 0.465 e. The van der Waals surface area contributed by atoms with E-state index in [4.69, 9.17) is 0 Å². The normalized spacial score (nSPS) is 10.5. The first-order valence-corrected chi connectivity index (χ1v) is 10.5. The smallest absolute Gasteiger partial charge is 0.337 e. The molecule has 2 aromatic carbocycles. The number of ether oxygens (including phenoxy) is 1. The number of amides is 1. The third kappa shape index (κ3) is 5.21. The lowest BCUT2D eigenvalue weighted by atomic mass is 10.1. The van der Waals surface area contributed by atoms with Gasteiger partial charge in [-0.05, 0) is 36.2 Å². The summed E-state index contributed by atoms with van der Waals surface area (Å²) in [6, 6.07) is 14.6. The molecule has 28 heavy (non-hydrogen) atoms. The minimum Gasteiger partial charge on any atom is -0.465 e. The first-order chi connectivity index (χ1) is 13.6. The monoisotopic (exact) mass is 412 g/mol. The average Bonchev–Trinajstić information content (AvgIpc) is 3.15. The number of nitrogens with one attached hydrogen (secondary N) is 1. The summed E-state index contributed by atoms with van der Waals surface area (Å²) in [5.41, 5.74) is 4.04. The molecule has 1 aromatic heterocycles. The highest BCUT2D eigenvalue weighted by Gasteiger charge is 2.12. The van der Waals surface area contributed by atoms with Gasteiger partial charge < -0.3 is 10.1 Å². The Morgan fingerprint density at radius 1 is 1.14 bits per heavy atom. The van der Waals surface area contributed by atoms with Crippen molar-refractivity contribution in [1.29, 1.82) is 0 Å². The molecule has 7 heteroatoms. The summed E-state index contributed by atoms with van der Waals surface area (Å²) in [4.78, 5) is 28.6. The lowest BCUT2D eigenvalue weighted by Crippen LogP contribution is -2.24. The number of aryl methyl sites for hydroxylation is 1. The molecule has 1 amide bonds. The summed E-state index contributed by atoms with van der Waals surface area (Å²) in [6.45, 7) is 2.35. The minimum absolute atomic E-state index is 0.122. The third-order valence-corrected chi connectivity index (χ3v) is 6.23. The number of nitrogens with zero attached hydrogens (tertiary/aromatic N) is 1. The maximum atomic E-state index is 12.7. The highest BCUT2D eigenvalue weighted by atomic mass is 32.2. The van der Waals surface area contributed by atoms with Crippen molar-refractivity contribution in [2.45, 2.75) is 23.6 Å². The van der Waals surface area contributed by atoms with E-state index in [9.17, 15) is 9.59 Å². The fourth-order valence-corrected chi connectivity index (χ4v) is 4.41. The second kappa shape index (κ2) is 9.52. The Labute approximate surface area is 172 Å². The molecule has 1 heterocycles. The zero-order valence-electron chi connectivity index (χ0n) is 15.6. The molecule has 0 unspecified atom stereocenters. The van der Waals surface area contributed by atoms with Gasteiger partial charge >= 0.3 is 5.97 Å². The molecular weight excluding hydrogens is 392 g/mol. The van der Waals surface area contributed by atoms with E-state index in [1.165, 1.54) is 7.11 Å². The van der Waals surface area contributed by atoms with Gasteiger partial charge in [-0.15, -0.1) is 11.3 Å². The second-order valence-corrected chi connectivity index (χ2v) is 8.15. The zero-order chi connectivity index (χ0) is 19.9. The van der Waals surface area contributed by atoms with E-state index in [2.05, 4.69) is 15.0 Å². The number of carbonyl (C=O) groups is 2. The van der Waals surface area contributed by atoms with E-state index >= 15 is 0 Å². The van der Waals surface area contributed by atoms with Gasteiger partial charge in [-0.25, -0.2) is 9.78 Å². The number of hydrogen-bond donors (Lipinski definition) is 1. The molecule has 0 saturated heterocycles. The molecule has 0 aliphatic heterocycles. The van der Waals surface area contributed by atoms with Crippen LogP contribution in [0.4, 0.5) is 0 Å². The van der Waals surface area contributed by atoms with Gasteiger partial charge in [0.1, 0.15) is 4.34 Å². The van der Waals surface area contributed by atoms with Gasteiger partial charge in [0.15, 0.2) is 0 Å². The quantitative estimate of drug-likeness (QED) is 0.458. The first kappa shape index (κ1) is 20.1. The van der Waals surface area contributed by atoms with Crippen molar-refractivity contribution in [1.82, 2.24) is 10.3 Å². The number of thiazole rings is 1. The van der Waals surface area contributed by atoms with E-state index in [-0.39, 0.29) is 11.9 Å². The molecule has 0 aliphatic rings. The van der Waals surface area contributed by atoms with Crippen molar-refractivity contribution in [2.75, 3.05) is 7.11 Å². The van der Waals surface area contributed by atoms with Crippen LogP contribution in [0, 0.1) is 6.92 Å². The molecule has 3 aromatic rings. The van der Waals surface area contributed by atoms with Gasteiger partial charge in [0.25, 0.3) is 5.91 Å². The van der Waals surface area contributed by atoms with Crippen molar-refractivity contribution in [3.05, 3.63) is 81.9 Å². The number of carbonyl (C=O) groups excluding carboxylic acids is 2. The lowest BCUT2D eigenvalue weighted by Gasteiger charge is -2.10. The Balaban J connectivity index is 1.61. The molecule has 5 nitrogen and oxygen atoms in total. The topological polar surface area (TPSA) is 68.3 Å². The zero-order valence-corrected chi connectivity index (χ0v) is 17.2. The van der Waals surface area contributed by atoms with Gasteiger partial charge in [0.2, 0.25) is 0 Å². The lowest BCUT2D eigenvalue weighted by molar-refractivity contribution is 0.0600. The van der Waals surface area contributed by atoms with Crippen LogP contribution < -0.4 is 5.32 Å². The SMILES string of the molecule is COC(=O)c1ccc(CNC(=O)c2ccccc2CSc2nc(C)cs2)cc1. The van der Waals surface area contributed by atoms with Crippen LogP contribution in [0.25, 0.3) is 0 Å². The summed E-state index contributed by atoms with van der Waals surface area (Å²) >= 11 is 3.24. The highest BCUT2D eigenvalue weighted by Crippen LogP contribution is 2.27. The standard InChI is InChI=1S/C21H20N2O3S2/c1-14-12-27-21(23-14)28-13-17-5-3-4-6-18(17)19(24)22-11-15-7-9-16(10-8-15)20(25)26-2/h3-10,12H,11,13H2,1-2H3,(H,22,24). The van der Waals surface area contributed by atoms with E-state index in [0.29, 0.717) is 23.4 Å². The van der Waals surface area contributed by atoms with Crippen LogP contribution in [0.1, 0.15) is 37.5 Å². The summed E-state index contributed by atoms with van der Waals surface area (Å²) in [7, 11) is 1.35. The van der Waals surface area contributed by atoms with Crippen molar-refractivity contribution in [2.24, 2.45) is 0 Å². The molecule has 0 spiro atoms. The third-order valence-electron chi connectivity index (χ3n) is 4.04. The van der Waals surface area contributed by atoms with Gasteiger partial charge in [-0.3, -0.25) is 4.79 Å². The second-order valence-electron chi connectivity index (χ2n) is 6.07. The van der Waals surface area contributed by atoms with E-state index < -0.39 is 0 Å². The van der Waals surface area contributed by atoms with E-state index in [1.54, 1.807) is 47.4 Å².